The Morgan fingerprint density at radius 3 is 2.30 bits per heavy atom. The van der Waals surface area contributed by atoms with E-state index < -0.39 is 11.6 Å². The quantitative estimate of drug-likeness (QED) is 0.786. The minimum absolute atomic E-state index is 0.449. The Labute approximate surface area is 133 Å². The van der Waals surface area contributed by atoms with Gasteiger partial charge in [-0.15, -0.1) is 0 Å². The Kier molecular flexibility index (Phi) is 4.48. The van der Waals surface area contributed by atoms with Crippen LogP contribution in [0.5, 0.6) is 0 Å². The molecule has 23 heavy (non-hydrogen) atoms. The zero-order valence-electron chi connectivity index (χ0n) is 12.5. The summed E-state index contributed by atoms with van der Waals surface area (Å²) in [5.74, 6) is -0.867. The van der Waals surface area contributed by atoms with E-state index in [-0.39, 0.29) is 0 Å². The van der Waals surface area contributed by atoms with Gasteiger partial charge in [0.2, 0.25) is 0 Å². The van der Waals surface area contributed by atoms with Crippen LogP contribution in [0.3, 0.4) is 0 Å². The first-order chi connectivity index (χ1) is 11.2. The summed E-state index contributed by atoms with van der Waals surface area (Å²) in [6.07, 6.45) is 4.04. The molecule has 1 heterocycles. The maximum atomic E-state index is 13.3. The maximum Gasteiger partial charge on any atom is 0.159 e. The summed E-state index contributed by atoms with van der Waals surface area (Å²) in [7, 11) is 0. The number of nitrogens with zero attached hydrogens (tertiary/aromatic N) is 2. The Bertz CT molecular complexity index is 794. The van der Waals surface area contributed by atoms with Gasteiger partial charge in [0.15, 0.2) is 11.6 Å². The van der Waals surface area contributed by atoms with Crippen LogP contribution in [0.25, 0.3) is 0 Å². The standard InChI is InChI=1S/C18H17F2N3/c19-16-6-5-15(9-17(16)20)10-18-22-7-8-23(18)12-14-3-1-13(11-21)2-4-14/h1-9H,10-12,21H2. The van der Waals surface area contributed by atoms with E-state index in [1.807, 2.05) is 35.0 Å². The molecule has 3 rings (SSSR count). The molecule has 3 nitrogen and oxygen atoms in total. The molecule has 0 fully saturated rings. The van der Waals surface area contributed by atoms with Crippen molar-refractivity contribution in [3.05, 3.63) is 89.0 Å². The fraction of sp³-hybridized carbons (Fsp3) is 0.167. The molecule has 0 spiro atoms. The van der Waals surface area contributed by atoms with Crippen LogP contribution in [-0.4, -0.2) is 9.55 Å². The van der Waals surface area contributed by atoms with E-state index in [0.717, 1.165) is 23.0 Å². The van der Waals surface area contributed by atoms with Crippen LogP contribution in [0.2, 0.25) is 0 Å². The zero-order valence-corrected chi connectivity index (χ0v) is 12.5. The first-order valence-electron chi connectivity index (χ1n) is 7.37. The average Bonchev–Trinajstić information content (AvgIpc) is 2.98. The van der Waals surface area contributed by atoms with Gasteiger partial charge in [0, 0.05) is 31.9 Å². The van der Waals surface area contributed by atoms with E-state index in [4.69, 9.17) is 5.73 Å². The molecule has 3 aromatic rings. The predicted octanol–water partition coefficient (Wildman–Crippen LogP) is 3.26. The molecule has 0 saturated carbocycles. The van der Waals surface area contributed by atoms with Crippen LogP contribution in [-0.2, 0) is 19.5 Å². The van der Waals surface area contributed by atoms with E-state index in [9.17, 15) is 8.78 Å². The van der Waals surface area contributed by atoms with E-state index in [1.54, 1.807) is 12.3 Å². The monoisotopic (exact) mass is 313 g/mol. The third kappa shape index (κ3) is 3.63. The summed E-state index contributed by atoms with van der Waals surface area (Å²) in [5, 5.41) is 0. The van der Waals surface area contributed by atoms with Crippen LogP contribution in [0.15, 0.2) is 54.9 Å². The number of nitrogens with two attached hydrogens (primary N) is 1. The molecule has 0 radical (unpaired) electrons. The smallest absolute Gasteiger partial charge is 0.159 e. The number of halogens is 2. The SMILES string of the molecule is NCc1ccc(Cn2ccnc2Cc2ccc(F)c(F)c2)cc1. The lowest BCUT2D eigenvalue weighted by atomic mass is 10.1. The van der Waals surface area contributed by atoms with Crippen molar-refractivity contribution in [2.75, 3.05) is 0 Å². The Balaban J connectivity index is 1.77. The molecular weight excluding hydrogens is 296 g/mol. The van der Waals surface area contributed by atoms with Crippen LogP contribution in [0.1, 0.15) is 22.5 Å². The van der Waals surface area contributed by atoms with Gasteiger partial charge in [-0.05, 0) is 28.8 Å². The fourth-order valence-corrected chi connectivity index (χ4v) is 2.46. The topological polar surface area (TPSA) is 43.8 Å². The average molecular weight is 313 g/mol. The highest BCUT2D eigenvalue weighted by molar-refractivity contribution is 5.24. The van der Waals surface area contributed by atoms with Gasteiger partial charge in [-0.25, -0.2) is 13.8 Å². The van der Waals surface area contributed by atoms with Crippen molar-refractivity contribution in [2.24, 2.45) is 5.73 Å². The molecule has 2 aromatic carbocycles. The summed E-state index contributed by atoms with van der Waals surface area (Å²) < 4.78 is 28.3. The molecule has 0 unspecified atom stereocenters. The van der Waals surface area contributed by atoms with Crippen molar-refractivity contribution in [1.82, 2.24) is 9.55 Å². The highest BCUT2D eigenvalue weighted by Gasteiger charge is 2.08. The van der Waals surface area contributed by atoms with Crippen molar-refractivity contribution >= 4 is 0 Å². The van der Waals surface area contributed by atoms with Gasteiger partial charge in [-0.2, -0.15) is 0 Å². The number of hydrogen-bond donors (Lipinski definition) is 1. The second-order valence-corrected chi connectivity index (χ2v) is 5.42. The maximum absolute atomic E-state index is 13.3. The summed E-state index contributed by atoms with van der Waals surface area (Å²) in [6, 6.07) is 12.0. The third-order valence-corrected chi connectivity index (χ3v) is 3.76. The zero-order chi connectivity index (χ0) is 16.2. The molecule has 0 bridgehead atoms. The molecule has 2 N–H and O–H groups in total. The molecule has 1 aromatic heterocycles. The minimum atomic E-state index is -0.836. The van der Waals surface area contributed by atoms with Crippen LogP contribution < -0.4 is 5.73 Å². The first kappa shape index (κ1) is 15.4. The number of rotatable bonds is 5. The van der Waals surface area contributed by atoms with E-state index in [2.05, 4.69) is 4.98 Å². The van der Waals surface area contributed by atoms with Crippen molar-refractivity contribution in [3.8, 4) is 0 Å². The Morgan fingerprint density at radius 1 is 0.913 bits per heavy atom. The number of hydrogen-bond acceptors (Lipinski definition) is 2. The molecule has 0 aliphatic carbocycles. The normalized spacial score (nSPS) is 10.9. The van der Waals surface area contributed by atoms with Gasteiger partial charge in [0.1, 0.15) is 5.82 Å². The largest absolute Gasteiger partial charge is 0.330 e. The van der Waals surface area contributed by atoms with Crippen molar-refractivity contribution in [1.29, 1.82) is 0 Å². The minimum Gasteiger partial charge on any atom is -0.330 e. The number of benzene rings is 2. The van der Waals surface area contributed by atoms with Gasteiger partial charge in [-0.3, -0.25) is 0 Å². The molecule has 0 aliphatic rings. The van der Waals surface area contributed by atoms with Crippen LogP contribution in [0, 0.1) is 11.6 Å². The van der Waals surface area contributed by atoms with Gasteiger partial charge >= 0.3 is 0 Å². The lowest BCUT2D eigenvalue weighted by Crippen LogP contribution is -2.06. The molecule has 0 aliphatic heterocycles. The third-order valence-electron chi connectivity index (χ3n) is 3.76. The molecule has 0 saturated heterocycles. The summed E-state index contributed by atoms with van der Waals surface area (Å²) in [6.45, 7) is 1.19. The second kappa shape index (κ2) is 6.71. The van der Waals surface area contributed by atoms with Gasteiger partial charge in [0.05, 0.1) is 0 Å². The van der Waals surface area contributed by atoms with E-state index >= 15 is 0 Å². The lowest BCUT2D eigenvalue weighted by Gasteiger charge is -2.09. The highest BCUT2D eigenvalue weighted by Crippen LogP contribution is 2.14. The highest BCUT2D eigenvalue weighted by atomic mass is 19.2. The van der Waals surface area contributed by atoms with Crippen molar-refractivity contribution in [3.63, 3.8) is 0 Å². The van der Waals surface area contributed by atoms with Crippen molar-refractivity contribution < 1.29 is 8.78 Å². The van der Waals surface area contributed by atoms with Gasteiger partial charge < -0.3 is 10.3 Å². The number of aromatic nitrogens is 2. The van der Waals surface area contributed by atoms with Gasteiger partial charge in [-0.1, -0.05) is 30.3 Å². The van der Waals surface area contributed by atoms with Gasteiger partial charge in [0.25, 0.3) is 0 Å². The molecule has 0 amide bonds. The summed E-state index contributed by atoms with van der Waals surface area (Å²) in [4.78, 5) is 4.32. The lowest BCUT2D eigenvalue weighted by molar-refractivity contribution is 0.507. The first-order valence-corrected chi connectivity index (χ1v) is 7.37. The number of imidazole rings is 1. The van der Waals surface area contributed by atoms with E-state index in [0.29, 0.717) is 25.1 Å². The van der Waals surface area contributed by atoms with E-state index in [1.165, 1.54) is 6.07 Å². The summed E-state index contributed by atoms with van der Waals surface area (Å²) in [5.41, 5.74) is 8.50. The Morgan fingerprint density at radius 2 is 1.61 bits per heavy atom. The van der Waals surface area contributed by atoms with Crippen LogP contribution >= 0.6 is 0 Å². The van der Waals surface area contributed by atoms with Crippen LogP contribution in [0.4, 0.5) is 8.78 Å². The Hall–Kier alpha value is -2.53. The summed E-state index contributed by atoms with van der Waals surface area (Å²) >= 11 is 0. The molecule has 0 atom stereocenters. The molecule has 118 valence electrons. The molecule has 5 heteroatoms. The molecular formula is C18H17F2N3. The fourth-order valence-electron chi connectivity index (χ4n) is 2.46. The second-order valence-electron chi connectivity index (χ2n) is 5.42. The predicted molar refractivity (Wildman–Crippen MR) is 84.8 cm³/mol. The van der Waals surface area contributed by atoms with Crippen molar-refractivity contribution in [2.45, 2.75) is 19.5 Å².